The van der Waals surface area contributed by atoms with Crippen LogP contribution in [-0.4, -0.2) is 40.6 Å². The first-order valence-corrected chi connectivity index (χ1v) is 9.44. The zero-order chi connectivity index (χ0) is 21.1. The number of anilines is 1. The maximum atomic E-state index is 12.6. The number of aromatic nitrogens is 2. The Kier molecular flexibility index (Phi) is 5.58. The van der Waals surface area contributed by atoms with Gasteiger partial charge in [-0.05, 0) is 56.3 Å². The lowest BCUT2D eigenvalue weighted by molar-refractivity contribution is -0.137. The molecule has 30 heavy (non-hydrogen) atoms. The molecule has 0 radical (unpaired) electrons. The SMILES string of the molecule is O=C(CN1CCC(c2nnc(-c3ccoc3)o2)CC1)Nc1ccc(C(F)(F)F)cc1. The maximum absolute atomic E-state index is 12.6. The molecule has 4 rings (SSSR count). The normalized spacial score (nSPS) is 16.0. The molecule has 1 amide bonds. The number of furan rings is 1. The van der Waals surface area contributed by atoms with Crippen molar-refractivity contribution in [2.75, 3.05) is 25.0 Å². The highest BCUT2D eigenvalue weighted by atomic mass is 19.4. The van der Waals surface area contributed by atoms with Crippen LogP contribution in [0.25, 0.3) is 11.5 Å². The van der Waals surface area contributed by atoms with E-state index in [1.165, 1.54) is 24.7 Å². The molecule has 1 fully saturated rings. The molecule has 1 saturated heterocycles. The van der Waals surface area contributed by atoms with E-state index in [0.717, 1.165) is 30.5 Å². The number of alkyl halides is 3. The molecule has 0 bridgehead atoms. The highest BCUT2D eigenvalue weighted by Crippen LogP contribution is 2.31. The van der Waals surface area contributed by atoms with Crippen LogP contribution in [0.2, 0.25) is 0 Å². The van der Waals surface area contributed by atoms with E-state index < -0.39 is 11.7 Å². The number of rotatable bonds is 5. The number of piperidine rings is 1. The van der Waals surface area contributed by atoms with Gasteiger partial charge in [0, 0.05) is 11.6 Å². The summed E-state index contributed by atoms with van der Waals surface area (Å²) < 4.78 is 48.6. The lowest BCUT2D eigenvalue weighted by Crippen LogP contribution is -2.38. The van der Waals surface area contributed by atoms with Gasteiger partial charge in [0.05, 0.1) is 23.9 Å². The number of halogens is 3. The van der Waals surface area contributed by atoms with Crippen molar-refractivity contribution in [3.05, 3.63) is 54.3 Å². The Balaban J connectivity index is 1.26. The van der Waals surface area contributed by atoms with Gasteiger partial charge in [0.25, 0.3) is 5.89 Å². The number of likely N-dealkylation sites (tertiary alicyclic amines) is 1. The largest absolute Gasteiger partial charge is 0.472 e. The summed E-state index contributed by atoms with van der Waals surface area (Å²) >= 11 is 0. The molecule has 3 aromatic rings. The summed E-state index contributed by atoms with van der Waals surface area (Å²) in [4.78, 5) is 14.2. The number of carbonyl (C=O) groups is 1. The van der Waals surface area contributed by atoms with E-state index in [-0.39, 0.29) is 18.4 Å². The Hall–Kier alpha value is -3.14. The molecule has 0 atom stereocenters. The van der Waals surface area contributed by atoms with Crippen LogP contribution in [0.4, 0.5) is 18.9 Å². The molecule has 0 aliphatic carbocycles. The lowest BCUT2D eigenvalue weighted by atomic mass is 9.97. The maximum Gasteiger partial charge on any atom is 0.416 e. The quantitative estimate of drug-likeness (QED) is 0.667. The van der Waals surface area contributed by atoms with Gasteiger partial charge >= 0.3 is 6.18 Å². The van der Waals surface area contributed by atoms with Gasteiger partial charge < -0.3 is 14.2 Å². The third-order valence-electron chi connectivity index (χ3n) is 5.01. The monoisotopic (exact) mass is 420 g/mol. The Morgan fingerprint density at radius 3 is 2.50 bits per heavy atom. The zero-order valence-electron chi connectivity index (χ0n) is 15.9. The van der Waals surface area contributed by atoms with Crippen molar-refractivity contribution in [2.24, 2.45) is 0 Å². The first-order chi connectivity index (χ1) is 14.4. The second-order valence-corrected chi connectivity index (χ2v) is 7.13. The average Bonchev–Trinajstić information content (AvgIpc) is 3.40. The van der Waals surface area contributed by atoms with Crippen LogP contribution >= 0.6 is 0 Å². The second kappa shape index (κ2) is 8.31. The molecule has 0 spiro atoms. The molecule has 1 aromatic carbocycles. The number of benzene rings is 1. The molecule has 2 aromatic heterocycles. The van der Waals surface area contributed by atoms with Crippen LogP contribution in [0, 0.1) is 0 Å². The van der Waals surface area contributed by atoms with E-state index in [9.17, 15) is 18.0 Å². The van der Waals surface area contributed by atoms with E-state index in [1.54, 1.807) is 6.07 Å². The Morgan fingerprint density at radius 1 is 1.13 bits per heavy atom. The number of hydrogen-bond donors (Lipinski definition) is 1. The molecule has 10 heteroatoms. The van der Waals surface area contributed by atoms with E-state index in [2.05, 4.69) is 15.5 Å². The average molecular weight is 420 g/mol. The fourth-order valence-electron chi connectivity index (χ4n) is 3.39. The predicted molar refractivity (Wildman–Crippen MR) is 100 cm³/mol. The van der Waals surface area contributed by atoms with Crippen LogP contribution in [0.1, 0.15) is 30.2 Å². The van der Waals surface area contributed by atoms with Gasteiger partial charge in [-0.15, -0.1) is 10.2 Å². The zero-order valence-corrected chi connectivity index (χ0v) is 15.9. The van der Waals surface area contributed by atoms with E-state index >= 15 is 0 Å². The van der Waals surface area contributed by atoms with E-state index in [1.807, 2.05) is 4.90 Å². The number of hydrogen-bond acceptors (Lipinski definition) is 6. The first-order valence-electron chi connectivity index (χ1n) is 9.44. The number of nitrogens with zero attached hydrogens (tertiary/aromatic N) is 3. The predicted octanol–water partition coefficient (Wildman–Crippen LogP) is 4.17. The summed E-state index contributed by atoms with van der Waals surface area (Å²) in [7, 11) is 0. The summed E-state index contributed by atoms with van der Waals surface area (Å²) in [6, 6.07) is 6.14. The van der Waals surface area contributed by atoms with Gasteiger partial charge in [0.15, 0.2) is 0 Å². The lowest BCUT2D eigenvalue weighted by Gasteiger charge is -2.29. The molecule has 0 unspecified atom stereocenters. The topological polar surface area (TPSA) is 84.4 Å². The molecule has 3 heterocycles. The third kappa shape index (κ3) is 4.70. The van der Waals surface area contributed by atoms with Gasteiger partial charge in [0.1, 0.15) is 6.26 Å². The van der Waals surface area contributed by atoms with Crippen molar-refractivity contribution >= 4 is 11.6 Å². The van der Waals surface area contributed by atoms with Gasteiger partial charge in [-0.3, -0.25) is 9.69 Å². The third-order valence-corrected chi connectivity index (χ3v) is 5.01. The standard InChI is InChI=1S/C20H19F3N4O3/c21-20(22,23)15-1-3-16(4-2-15)24-17(28)11-27-8-5-13(6-9-27)18-25-26-19(30-18)14-7-10-29-12-14/h1-4,7,10,12-13H,5-6,8-9,11H2,(H,24,28). The van der Waals surface area contributed by atoms with Crippen LogP contribution in [0.3, 0.4) is 0 Å². The molecule has 158 valence electrons. The number of nitrogens with one attached hydrogen (secondary N) is 1. The van der Waals surface area contributed by atoms with Crippen molar-refractivity contribution in [2.45, 2.75) is 24.9 Å². The summed E-state index contributed by atoms with van der Waals surface area (Å²) in [5.74, 6) is 0.831. The van der Waals surface area contributed by atoms with Gasteiger partial charge in [-0.2, -0.15) is 13.2 Å². The number of amides is 1. The van der Waals surface area contributed by atoms with Crippen molar-refractivity contribution in [1.29, 1.82) is 0 Å². The highest BCUT2D eigenvalue weighted by molar-refractivity contribution is 5.92. The van der Waals surface area contributed by atoms with Crippen LogP contribution in [-0.2, 0) is 11.0 Å². The fraction of sp³-hybridized carbons (Fsp3) is 0.350. The highest BCUT2D eigenvalue weighted by Gasteiger charge is 2.30. The molecule has 1 N–H and O–H groups in total. The Labute approximate surface area is 169 Å². The number of carbonyl (C=O) groups excluding carboxylic acids is 1. The van der Waals surface area contributed by atoms with E-state index in [4.69, 9.17) is 8.83 Å². The second-order valence-electron chi connectivity index (χ2n) is 7.13. The minimum Gasteiger partial charge on any atom is -0.472 e. The minimum absolute atomic E-state index is 0.118. The van der Waals surface area contributed by atoms with Gasteiger partial charge in [-0.25, -0.2) is 0 Å². The minimum atomic E-state index is -4.40. The van der Waals surface area contributed by atoms with Gasteiger partial charge in [-0.1, -0.05) is 0 Å². The molecule has 0 saturated carbocycles. The van der Waals surface area contributed by atoms with Crippen molar-refractivity contribution in [3.63, 3.8) is 0 Å². The summed E-state index contributed by atoms with van der Waals surface area (Å²) in [5, 5.41) is 10.8. The fourth-order valence-corrected chi connectivity index (χ4v) is 3.39. The van der Waals surface area contributed by atoms with Crippen molar-refractivity contribution in [3.8, 4) is 11.5 Å². The molecule has 1 aliphatic heterocycles. The van der Waals surface area contributed by atoms with Gasteiger partial charge in [0.2, 0.25) is 11.8 Å². The van der Waals surface area contributed by atoms with Crippen LogP contribution in [0.5, 0.6) is 0 Å². The molecule has 7 nitrogen and oxygen atoms in total. The van der Waals surface area contributed by atoms with Crippen LogP contribution in [0.15, 0.2) is 51.7 Å². The van der Waals surface area contributed by atoms with E-state index in [0.29, 0.717) is 30.6 Å². The first kappa shape index (κ1) is 20.1. The van der Waals surface area contributed by atoms with Crippen molar-refractivity contribution in [1.82, 2.24) is 15.1 Å². The Bertz CT molecular complexity index is 976. The summed E-state index contributed by atoms with van der Waals surface area (Å²) in [6.45, 7) is 1.51. The molecular formula is C20H19F3N4O3. The summed E-state index contributed by atoms with van der Waals surface area (Å²) in [6.07, 6.45) is 0.203. The smallest absolute Gasteiger partial charge is 0.416 e. The molecule has 1 aliphatic rings. The van der Waals surface area contributed by atoms with Crippen molar-refractivity contribution < 1.29 is 26.8 Å². The Morgan fingerprint density at radius 2 is 1.87 bits per heavy atom. The summed E-state index contributed by atoms with van der Waals surface area (Å²) in [5.41, 5.74) is 0.311. The van der Waals surface area contributed by atoms with Crippen LogP contribution < -0.4 is 5.32 Å². The molecular weight excluding hydrogens is 401 g/mol.